The number of ether oxygens (including phenoxy) is 2. The van der Waals surface area contributed by atoms with E-state index in [1.54, 1.807) is 0 Å². The molecule has 2 aliphatic rings. The van der Waals surface area contributed by atoms with Gasteiger partial charge in [-0.25, -0.2) is 9.59 Å². The summed E-state index contributed by atoms with van der Waals surface area (Å²) in [5.41, 5.74) is 0. The van der Waals surface area contributed by atoms with Gasteiger partial charge in [-0.2, -0.15) is 0 Å². The fourth-order valence-corrected chi connectivity index (χ4v) is 13.7. The molecule has 2 rings (SSSR count). The van der Waals surface area contributed by atoms with Gasteiger partial charge in [0.05, 0.1) is 31.2 Å². The molecule has 0 aliphatic carbocycles. The molecule has 0 unspecified atom stereocenters. The second-order valence-corrected chi connectivity index (χ2v) is 18.6. The van der Waals surface area contributed by atoms with E-state index in [-0.39, 0.29) is 0 Å². The van der Waals surface area contributed by atoms with Crippen molar-refractivity contribution in [3.63, 3.8) is 0 Å². The van der Waals surface area contributed by atoms with Gasteiger partial charge in [0.25, 0.3) is 0 Å². The Bertz CT molecular complexity index is 876. The number of carbonyl (C=O) groups excluding carboxylic acids is 2. The molecule has 0 atom stereocenters. The van der Waals surface area contributed by atoms with Gasteiger partial charge in [0.1, 0.15) is 9.81 Å². The van der Waals surface area contributed by atoms with Gasteiger partial charge in [-0.15, -0.1) is 23.5 Å². The molecule has 252 valence electrons. The smallest absolute Gasteiger partial charge is 0.346 e. The monoisotopic (exact) mass is 720 g/mol. The van der Waals surface area contributed by atoms with Crippen LogP contribution >= 0.6 is 70.6 Å². The van der Waals surface area contributed by atoms with Crippen molar-refractivity contribution in [1.82, 2.24) is 0 Å². The van der Waals surface area contributed by atoms with Crippen LogP contribution in [-0.4, -0.2) is 37.7 Å². The van der Waals surface area contributed by atoms with Crippen LogP contribution < -0.4 is 0 Å². The van der Waals surface area contributed by atoms with Crippen molar-refractivity contribution in [2.45, 2.75) is 142 Å². The van der Waals surface area contributed by atoms with E-state index >= 15 is 0 Å². The van der Waals surface area contributed by atoms with Gasteiger partial charge in [-0.05, 0) is 24.3 Å². The van der Waals surface area contributed by atoms with Crippen molar-refractivity contribution >= 4 is 82.5 Å². The predicted octanol–water partition coefficient (Wildman–Crippen LogP) is 13.1. The second-order valence-electron chi connectivity index (χ2n) is 11.3. The molecule has 0 saturated carbocycles. The zero-order valence-electron chi connectivity index (χ0n) is 27.6. The summed E-state index contributed by atoms with van der Waals surface area (Å²) in [6, 6.07) is 0. The van der Waals surface area contributed by atoms with Crippen molar-refractivity contribution in [2.24, 2.45) is 0 Å². The predicted molar refractivity (Wildman–Crippen MR) is 204 cm³/mol. The minimum absolute atomic E-state index is 0.332. The van der Waals surface area contributed by atoms with Crippen LogP contribution in [-0.2, 0) is 19.1 Å². The second kappa shape index (κ2) is 26.2. The number of hydrogen-bond acceptors (Lipinski definition) is 10. The van der Waals surface area contributed by atoms with Crippen LogP contribution in [0.5, 0.6) is 0 Å². The van der Waals surface area contributed by atoms with E-state index in [0.717, 1.165) is 20.0 Å². The first kappa shape index (κ1) is 40.4. The number of rotatable bonds is 26. The molecule has 0 radical (unpaired) electrons. The average Bonchev–Trinajstić information content (AvgIpc) is 3.66. The maximum Gasteiger partial charge on any atom is 0.346 e. The first-order valence-corrected chi connectivity index (χ1v) is 22.2. The van der Waals surface area contributed by atoms with Crippen molar-refractivity contribution in [3.8, 4) is 0 Å². The Morgan fingerprint density at radius 3 is 1.09 bits per heavy atom. The van der Waals surface area contributed by atoms with E-state index in [1.807, 2.05) is 47.0 Å². The molecule has 0 aromatic carbocycles. The van der Waals surface area contributed by atoms with Gasteiger partial charge < -0.3 is 9.47 Å². The summed E-state index contributed by atoms with van der Waals surface area (Å²) in [5.74, 6) is 1.32. The molecule has 0 N–H and O–H groups in total. The van der Waals surface area contributed by atoms with Gasteiger partial charge in [-0.1, -0.05) is 176 Å². The summed E-state index contributed by atoms with van der Waals surface area (Å²) in [4.78, 5) is 25.5. The fourth-order valence-electron chi connectivity index (χ4n) is 4.88. The third kappa shape index (κ3) is 16.4. The largest absolute Gasteiger partial charge is 0.465 e. The summed E-state index contributed by atoms with van der Waals surface area (Å²) in [5, 5.41) is 0. The van der Waals surface area contributed by atoms with E-state index in [2.05, 4.69) is 13.8 Å². The molecule has 0 aromatic rings. The van der Waals surface area contributed by atoms with Crippen LogP contribution in [0.3, 0.4) is 0 Å². The molecule has 10 heteroatoms. The van der Waals surface area contributed by atoms with Gasteiger partial charge >= 0.3 is 11.9 Å². The quantitative estimate of drug-likeness (QED) is 0.0637. The van der Waals surface area contributed by atoms with Crippen LogP contribution in [0.15, 0.2) is 26.8 Å². The number of esters is 2. The Labute approximate surface area is 294 Å². The Hall–Kier alpha value is 0.260. The minimum Gasteiger partial charge on any atom is -0.465 e. The van der Waals surface area contributed by atoms with E-state index < -0.39 is 11.9 Å². The minimum atomic E-state index is -0.481. The van der Waals surface area contributed by atoms with Crippen LogP contribution in [0.4, 0.5) is 0 Å². The molecule has 0 aromatic heterocycles. The molecule has 44 heavy (non-hydrogen) atoms. The van der Waals surface area contributed by atoms with Crippen LogP contribution in [0.25, 0.3) is 0 Å². The normalized spacial score (nSPS) is 15.2. The van der Waals surface area contributed by atoms with Gasteiger partial charge in [-0.3, -0.25) is 0 Å². The molecule has 2 heterocycles. The molecular weight excluding hydrogens is 665 g/mol. The van der Waals surface area contributed by atoms with Gasteiger partial charge in [0.15, 0.2) is 0 Å². The molecule has 0 bridgehead atoms. The van der Waals surface area contributed by atoms with Gasteiger partial charge in [0, 0.05) is 0 Å². The summed E-state index contributed by atoms with van der Waals surface area (Å²) < 4.78 is 14.8. The van der Waals surface area contributed by atoms with E-state index in [9.17, 15) is 9.59 Å². The van der Waals surface area contributed by atoms with Crippen LogP contribution in [0.1, 0.15) is 142 Å². The lowest BCUT2D eigenvalue weighted by atomic mass is 10.1. The van der Waals surface area contributed by atoms with Crippen LogP contribution in [0.2, 0.25) is 0 Å². The SMILES string of the molecule is CCCCCCCCCCCCSC1=C(SCCCCCCCCCCCC)SC(=C2SC(C(=O)OC)=C(C(=O)OC)S2)S1. The van der Waals surface area contributed by atoms with E-state index in [4.69, 9.17) is 9.47 Å². The number of unbranched alkanes of at least 4 members (excludes halogenated alkanes) is 18. The first-order valence-electron chi connectivity index (χ1n) is 16.9. The lowest BCUT2D eigenvalue weighted by Gasteiger charge is -2.06. The first-order chi connectivity index (χ1) is 21.5. The molecule has 4 nitrogen and oxygen atoms in total. The Morgan fingerprint density at radius 1 is 0.477 bits per heavy atom. The molecule has 0 saturated heterocycles. The topological polar surface area (TPSA) is 52.6 Å². The summed E-state index contributed by atoms with van der Waals surface area (Å²) in [6.07, 6.45) is 27.1. The molecule has 0 spiro atoms. The zero-order chi connectivity index (χ0) is 31.8. The van der Waals surface area contributed by atoms with Gasteiger partial charge in [0.2, 0.25) is 0 Å². The van der Waals surface area contributed by atoms with E-state index in [1.165, 1.54) is 175 Å². The highest BCUT2D eigenvalue weighted by molar-refractivity contribution is 8.42. The summed E-state index contributed by atoms with van der Waals surface area (Å²) in [7, 11) is 2.71. The highest BCUT2D eigenvalue weighted by Crippen LogP contribution is 2.64. The lowest BCUT2D eigenvalue weighted by Crippen LogP contribution is -2.08. The number of thioether (sulfide) groups is 6. The standard InChI is InChI=1S/C34H56O4S6/c1-5-7-9-11-13-15-17-19-21-23-25-39-31-32(40-26-24-22-20-18-16-14-12-10-8-6-2)44-34(43-31)33-41-27(29(35)37-3)28(42-33)30(36)38-4/h5-26H2,1-4H3. The highest BCUT2D eigenvalue weighted by atomic mass is 32.3. The molecule has 0 fully saturated rings. The number of carbonyl (C=O) groups is 2. The van der Waals surface area contributed by atoms with Crippen molar-refractivity contribution in [3.05, 3.63) is 26.8 Å². The molecule has 0 amide bonds. The molecular formula is C34H56O4S6. The number of methoxy groups -OCH3 is 2. The van der Waals surface area contributed by atoms with Crippen molar-refractivity contribution in [2.75, 3.05) is 25.7 Å². The highest BCUT2D eigenvalue weighted by Gasteiger charge is 2.36. The third-order valence-corrected chi connectivity index (χ3v) is 16.3. The van der Waals surface area contributed by atoms with Crippen molar-refractivity contribution < 1.29 is 19.1 Å². The Balaban J connectivity index is 1.84. The lowest BCUT2D eigenvalue weighted by molar-refractivity contribution is -0.138. The Kier molecular flexibility index (Phi) is 24.1. The summed E-state index contributed by atoms with van der Waals surface area (Å²) in [6.45, 7) is 4.56. The molecule has 2 aliphatic heterocycles. The maximum absolute atomic E-state index is 12.4. The average molecular weight is 721 g/mol. The maximum atomic E-state index is 12.4. The van der Waals surface area contributed by atoms with E-state index in [0.29, 0.717) is 9.81 Å². The van der Waals surface area contributed by atoms with Crippen LogP contribution in [0, 0.1) is 0 Å². The Morgan fingerprint density at radius 2 is 0.773 bits per heavy atom. The van der Waals surface area contributed by atoms with Crippen molar-refractivity contribution in [1.29, 1.82) is 0 Å². The number of hydrogen-bond donors (Lipinski definition) is 0. The zero-order valence-corrected chi connectivity index (χ0v) is 32.5. The fraction of sp³-hybridized carbons (Fsp3) is 0.765. The third-order valence-electron chi connectivity index (χ3n) is 7.50. The summed E-state index contributed by atoms with van der Waals surface area (Å²) >= 11 is 10.3.